The van der Waals surface area contributed by atoms with Crippen molar-refractivity contribution < 1.29 is 9.21 Å². The monoisotopic (exact) mass is 374 g/mol. The minimum atomic E-state index is -0.306. The molecule has 0 aliphatic heterocycles. The topological polar surface area (TPSA) is 55.1 Å². The second-order valence-corrected chi connectivity index (χ2v) is 7.29. The summed E-state index contributed by atoms with van der Waals surface area (Å²) in [5.74, 6) is -0.0424. The number of rotatable bonds is 4. The van der Waals surface area contributed by atoms with Gasteiger partial charge in [0, 0.05) is 5.56 Å². The van der Waals surface area contributed by atoms with Gasteiger partial charge >= 0.3 is 0 Å². The minimum absolute atomic E-state index is 0.263. The summed E-state index contributed by atoms with van der Waals surface area (Å²) < 4.78 is 5.17. The largest absolute Gasteiger partial charge is 0.459 e. The number of nitrogens with one attached hydrogen (secondary N) is 1. The van der Waals surface area contributed by atoms with Crippen LogP contribution in [0.4, 0.5) is 5.13 Å². The van der Waals surface area contributed by atoms with Gasteiger partial charge in [-0.05, 0) is 42.7 Å². The minimum Gasteiger partial charge on any atom is -0.459 e. The van der Waals surface area contributed by atoms with E-state index in [1.165, 1.54) is 28.7 Å². The predicted octanol–water partition coefficient (Wildman–Crippen LogP) is 5.94. The lowest BCUT2D eigenvalue weighted by Crippen LogP contribution is -2.10. The molecule has 1 N–H and O–H groups in total. The van der Waals surface area contributed by atoms with Crippen LogP contribution in [0.25, 0.3) is 21.7 Å². The van der Waals surface area contributed by atoms with Crippen LogP contribution >= 0.6 is 11.3 Å². The fourth-order valence-electron chi connectivity index (χ4n) is 2.81. The zero-order valence-electron chi connectivity index (χ0n) is 15.0. The summed E-state index contributed by atoms with van der Waals surface area (Å²) in [7, 11) is 0. The Morgan fingerprint density at radius 3 is 2.48 bits per heavy atom. The first-order valence-electron chi connectivity index (χ1n) is 8.60. The molecule has 0 atom stereocenters. The van der Waals surface area contributed by atoms with Crippen LogP contribution in [0.1, 0.15) is 21.7 Å². The standard InChI is InChI=1S/C22H18N2O2S/c1-14-10-11-17(13-15(14)2)20-19(16-7-4-3-5-8-16)23-22(27-20)24-21(25)18-9-6-12-26-18/h3-13H,1-2H3,(H,23,24,25). The van der Waals surface area contributed by atoms with Crippen LogP contribution in [0.2, 0.25) is 0 Å². The molecule has 134 valence electrons. The Kier molecular flexibility index (Phi) is 4.60. The van der Waals surface area contributed by atoms with E-state index >= 15 is 0 Å². The van der Waals surface area contributed by atoms with E-state index < -0.39 is 0 Å². The number of thiazole rings is 1. The fraction of sp³-hybridized carbons (Fsp3) is 0.0909. The van der Waals surface area contributed by atoms with Crippen molar-refractivity contribution in [1.82, 2.24) is 4.98 Å². The smallest absolute Gasteiger partial charge is 0.293 e. The van der Waals surface area contributed by atoms with Gasteiger partial charge in [-0.25, -0.2) is 4.98 Å². The third kappa shape index (κ3) is 3.55. The maximum absolute atomic E-state index is 12.3. The van der Waals surface area contributed by atoms with E-state index in [0.717, 1.165) is 21.7 Å². The Morgan fingerprint density at radius 1 is 0.963 bits per heavy atom. The molecule has 0 saturated heterocycles. The van der Waals surface area contributed by atoms with Crippen molar-refractivity contribution >= 4 is 22.4 Å². The maximum Gasteiger partial charge on any atom is 0.293 e. The van der Waals surface area contributed by atoms with Gasteiger partial charge in [0.1, 0.15) is 0 Å². The van der Waals surface area contributed by atoms with Crippen molar-refractivity contribution in [2.24, 2.45) is 0 Å². The molecule has 4 nitrogen and oxygen atoms in total. The van der Waals surface area contributed by atoms with Crippen molar-refractivity contribution in [3.63, 3.8) is 0 Å². The van der Waals surface area contributed by atoms with Crippen LogP contribution in [-0.4, -0.2) is 10.9 Å². The third-order valence-corrected chi connectivity index (χ3v) is 5.43. The third-order valence-electron chi connectivity index (χ3n) is 4.41. The molecule has 0 unspecified atom stereocenters. The highest BCUT2D eigenvalue weighted by atomic mass is 32.1. The van der Waals surface area contributed by atoms with Gasteiger partial charge in [-0.15, -0.1) is 0 Å². The number of furan rings is 1. The molecule has 27 heavy (non-hydrogen) atoms. The van der Waals surface area contributed by atoms with Gasteiger partial charge in [0.05, 0.1) is 16.8 Å². The number of aryl methyl sites for hydroxylation is 2. The molecular weight excluding hydrogens is 356 g/mol. The predicted molar refractivity (Wildman–Crippen MR) is 109 cm³/mol. The van der Waals surface area contributed by atoms with Crippen LogP contribution in [0.5, 0.6) is 0 Å². The number of aromatic nitrogens is 1. The summed E-state index contributed by atoms with van der Waals surface area (Å²) in [5, 5.41) is 3.39. The number of benzene rings is 2. The van der Waals surface area contributed by atoms with Crippen molar-refractivity contribution in [2.75, 3.05) is 5.32 Å². The van der Waals surface area contributed by atoms with E-state index in [1.54, 1.807) is 12.1 Å². The van der Waals surface area contributed by atoms with Gasteiger partial charge in [0.15, 0.2) is 10.9 Å². The number of hydrogen-bond donors (Lipinski definition) is 1. The SMILES string of the molecule is Cc1ccc(-c2sc(NC(=O)c3ccco3)nc2-c2ccccc2)cc1C. The average molecular weight is 374 g/mol. The van der Waals surface area contributed by atoms with Crippen molar-refractivity contribution in [1.29, 1.82) is 0 Å². The molecule has 0 radical (unpaired) electrons. The molecule has 5 heteroatoms. The van der Waals surface area contributed by atoms with Gasteiger partial charge in [-0.1, -0.05) is 59.9 Å². The summed E-state index contributed by atoms with van der Waals surface area (Å²) in [5.41, 5.74) is 5.43. The first-order valence-corrected chi connectivity index (χ1v) is 9.42. The molecule has 0 aliphatic carbocycles. The number of carbonyl (C=O) groups is 1. The van der Waals surface area contributed by atoms with Crippen LogP contribution in [0, 0.1) is 13.8 Å². The number of amides is 1. The van der Waals surface area contributed by atoms with E-state index in [0.29, 0.717) is 5.13 Å². The van der Waals surface area contributed by atoms with Crippen LogP contribution in [0.3, 0.4) is 0 Å². The summed E-state index contributed by atoms with van der Waals surface area (Å²) in [6.07, 6.45) is 1.48. The van der Waals surface area contributed by atoms with E-state index in [2.05, 4.69) is 37.4 Å². The van der Waals surface area contributed by atoms with Gasteiger partial charge in [0.25, 0.3) is 5.91 Å². The Balaban J connectivity index is 1.77. The quantitative estimate of drug-likeness (QED) is 0.481. The van der Waals surface area contributed by atoms with E-state index in [4.69, 9.17) is 9.40 Å². The first-order chi connectivity index (χ1) is 13.1. The van der Waals surface area contributed by atoms with Gasteiger partial charge in [0.2, 0.25) is 0 Å². The van der Waals surface area contributed by atoms with E-state index in [-0.39, 0.29) is 11.7 Å². The normalized spacial score (nSPS) is 10.7. The maximum atomic E-state index is 12.3. The van der Waals surface area contributed by atoms with E-state index in [9.17, 15) is 4.79 Å². The van der Waals surface area contributed by atoms with Gasteiger partial charge in [-0.2, -0.15) is 0 Å². The van der Waals surface area contributed by atoms with Gasteiger partial charge < -0.3 is 4.42 Å². The summed E-state index contributed by atoms with van der Waals surface area (Å²) in [6.45, 7) is 4.19. The molecule has 0 aliphatic rings. The lowest BCUT2D eigenvalue weighted by Gasteiger charge is -2.05. The van der Waals surface area contributed by atoms with Crippen LogP contribution in [-0.2, 0) is 0 Å². The molecule has 2 heterocycles. The zero-order chi connectivity index (χ0) is 18.8. The van der Waals surface area contributed by atoms with Crippen molar-refractivity contribution in [3.05, 3.63) is 83.8 Å². The molecular formula is C22H18N2O2S. The first kappa shape index (κ1) is 17.2. The second kappa shape index (κ2) is 7.21. The van der Waals surface area contributed by atoms with E-state index in [1.807, 2.05) is 30.3 Å². The lowest BCUT2D eigenvalue weighted by molar-refractivity contribution is 0.0996. The summed E-state index contributed by atoms with van der Waals surface area (Å²) in [6, 6.07) is 19.7. The Morgan fingerprint density at radius 2 is 1.78 bits per heavy atom. The lowest BCUT2D eigenvalue weighted by atomic mass is 10.0. The Hall–Kier alpha value is -3.18. The van der Waals surface area contributed by atoms with Crippen LogP contribution < -0.4 is 5.32 Å². The zero-order valence-corrected chi connectivity index (χ0v) is 15.8. The summed E-state index contributed by atoms with van der Waals surface area (Å²) >= 11 is 1.46. The van der Waals surface area contributed by atoms with Crippen LogP contribution in [0.15, 0.2) is 71.3 Å². The molecule has 4 rings (SSSR count). The molecule has 4 aromatic rings. The molecule has 0 spiro atoms. The molecule has 2 aromatic heterocycles. The highest BCUT2D eigenvalue weighted by molar-refractivity contribution is 7.19. The molecule has 1 amide bonds. The average Bonchev–Trinajstić information content (AvgIpc) is 3.35. The van der Waals surface area contributed by atoms with Gasteiger partial charge in [-0.3, -0.25) is 10.1 Å². The highest BCUT2D eigenvalue weighted by Gasteiger charge is 2.18. The van der Waals surface area contributed by atoms with Crippen molar-refractivity contribution in [2.45, 2.75) is 13.8 Å². The fourth-order valence-corrected chi connectivity index (χ4v) is 3.79. The van der Waals surface area contributed by atoms with Crippen molar-refractivity contribution in [3.8, 4) is 21.7 Å². The Bertz CT molecular complexity index is 1080. The highest BCUT2D eigenvalue weighted by Crippen LogP contribution is 2.39. The molecule has 0 fully saturated rings. The Labute approximate surface area is 161 Å². The molecule has 0 saturated carbocycles. The number of hydrogen-bond acceptors (Lipinski definition) is 4. The summed E-state index contributed by atoms with van der Waals surface area (Å²) in [4.78, 5) is 18.1. The number of nitrogens with zero attached hydrogens (tertiary/aromatic N) is 1. The molecule has 2 aromatic carbocycles. The number of anilines is 1. The second-order valence-electron chi connectivity index (χ2n) is 6.29. The number of carbonyl (C=O) groups excluding carboxylic acids is 1. The molecule has 0 bridgehead atoms.